The first-order valence-corrected chi connectivity index (χ1v) is 3.47. The topological polar surface area (TPSA) is 18.5 Å². The first kappa shape index (κ1) is 7.03. The lowest BCUT2D eigenvalue weighted by molar-refractivity contribution is -0.0496. The van der Waals surface area contributed by atoms with Crippen molar-refractivity contribution in [1.29, 1.82) is 0 Å². The minimum Gasteiger partial charge on any atom is -0.350 e. The molecule has 9 heavy (non-hydrogen) atoms. The first-order valence-electron chi connectivity index (χ1n) is 3.47. The van der Waals surface area contributed by atoms with Crippen LogP contribution in [-0.4, -0.2) is 19.0 Å². The minimum atomic E-state index is 0.0115. The Labute approximate surface area is 56.2 Å². The lowest BCUT2D eigenvalue weighted by Crippen LogP contribution is -2.17. The zero-order valence-corrected chi connectivity index (χ0v) is 6.26. The number of hydrogen-bond donors (Lipinski definition) is 0. The van der Waals surface area contributed by atoms with Crippen molar-refractivity contribution in [3.8, 4) is 0 Å². The molecule has 0 aromatic carbocycles. The monoisotopic (exact) mass is 130 g/mol. The van der Waals surface area contributed by atoms with E-state index in [1.54, 1.807) is 0 Å². The maximum Gasteiger partial charge on any atom is 0.155 e. The Morgan fingerprint density at radius 3 is 2.33 bits per heavy atom. The van der Waals surface area contributed by atoms with E-state index in [0.717, 1.165) is 6.61 Å². The van der Waals surface area contributed by atoms with Gasteiger partial charge in [0.05, 0.1) is 12.7 Å². The normalized spacial score (nSPS) is 36.0. The Balaban J connectivity index is 2.30. The highest BCUT2D eigenvalue weighted by molar-refractivity contribution is 4.66. The number of ether oxygens (including phenoxy) is 2. The quantitative estimate of drug-likeness (QED) is 0.534. The van der Waals surface area contributed by atoms with Gasteiger partial charge in [0.1, 0.15) is 0 Å². The summed E-state index contributed by atoms with van der Waals surface area (Å²) in [5.41, 5.74) is 0. The van der Waals surface area contributed by atoms with E-state index >= 15 is 0 Å². The molecule has 0 bridgehead atoms. The zero-order chi connectivity index (χ0) is 6.85. The standard InChI is InChI=1S/C7H14O2/c1-5(2)7-4-8-6(3)9-7/h5-7H,4H2,1-3H3. The molecule has 0 aliphatic carbocycles. The summed E-state index contributed by atoms with van der Waals surface area (Å²) in [4.78, 5) is 0. The molecule has 0 amide bonds. The van der Waals surface area contributed by atoms with Gasteiger partial charge in [-0.15, -0.1) is 0 Å². The summed E-state index contributed by atoms with van der Waals surface area (Å²) in [6.45, 7) is 6.99. The molecule has 1 fully saturated rings. The van der Waals surface area contributed by atoms with Crippen molar-refractivity contribution in [1.82, 2.24) is 0 Å². The Morgan fingerprint density at radius 2 is 2.11 bits per heavy atom. The summed E-state index contributed by atoms with van der Waals surface area (Å²) in [5, 5.41) is 0. The van der Waals surface area contributed by atoms with Crippen LogP contribution in [0.3, 0.4) is 0 Å². The van der Waals surface area contributed by atoms with Crippen LogP contribution < -0.4 is 0 Å². The number of rotatable bonds is 1. The van der Waals surface area contributed by atoms with E-state index in [4.69, 9.17) is 9.47 Å². The van der Waals surface area contributed by atoms with Crippen LogP contribution in [0.2, 0.25) is 0 Å². The predicted molar refractivity (Wildman–Crippen MR) is 35.1 cm³/mol. The van der Waals surface area contributed by atoms with Gasteiger partial charge in [0, 0.05) is 0 Å². The van der Waals surface area contributed by atoms with E-state index in [-0.39, 0.29) is 6.29 Å². The molecule has 0 N–H and O–H groups in total. The third kappa shape index (κ3) is 1.66. The average molecular weight is 130 g/mol. The van der Waals surface area contributed by atoms with Crippen LogP contribution in [0, 0.1) is 5.92 Å². The Morgan fingerprint density at radius 1 is 1.44 bits per heavy atom. The SMILES string of the molecule is CC1OCC(C(C)C)O1. The van der Waals surface area contributed by atoms with Gasteiger partial charge in [-0.25, -0.2) is 0 Å². The molecule has 1 heterocycles. The lowest BCUT2D eigenvalue weighted by Gasteiger charge is -2.11. The summed E-state index contributed by atoms with van der Waals surface area (Å²) < 4.78 is 10.6. The van der Waals surface area contributed by atoms with E-state index in [2.05, 4.69) is 13.8 Å². The van der Waals surface area contributed by atoms with Crippen LogP contribution in [0.15, 0.2) is 0 Å². The van der Waals surface area contributed by atoms with Crippen molar-refractivity contribution >= 4 is 0 Å². The van der Waals surface area contributed by atoms with E-state index in [1.165, 1.54) is 0 Å². The maximum absolute atomic E-state index is 5.40. The second kappa shape index (κ2) is 2.67. The van der Waals surface area contributed by atoms with Crippen LogP contribution in [0.1, 0.15) is 20.8 Å². The van der Waals surface area contributed by atoms with Crippen LogP contribution in [-0.2, 0) is 9.47 Å². The highest BCUT2D eigenvalue weighted by atomic mass is 16.7. The van der Waals surface area contributed by atoms with Crippen LogP contribution in [0.5, 0.6) is 0 Å². The Bertz CT molecular complexity index is 90.9. The fourth-order valence-corrected chi connectivity index (χ4v) is 0.905. The minimum absolute atomic E-state index is 0.0115. The van der Waals surface area contributed by atoms with Crippen LogP contribution in [0.4, 0.5) is 0 Å². The van der Waals surface area contributed by atoms with Crippen LogP contribution >= 0.6 is 0 Å². The fourth-order valence-electron chi connectivity index (χ4n) is 0.905. The summed E-state index contributed by atoms with van der Waals surface area (Å²) >= 11 is 0. The van der Waals surface area contributed by atoms with Gasteiger partial charge in [-0.05, 0) is 12.8 Å². The van der Waals surface area contributed by atoms with Gasteiger partial charge in [-0.1, -0.05) is 13.8 Å². The van der Waals surface area contributed by atoms with Gasteiger partial charge >= 0.3 is 0 Å². The fraction of sp³-hybridized carbons (Fsp3) is 1.00. The van der Waals surface area contributed by atoms with Gasteiger partial charge < -0.3 is 9.47 Å². The van der Waals surface area contributed by atoms with Crippen molar-refractivity contribution in [2.75, 3.05) is 6.61 Å². The molecule has 0 aromatic heterocycles. The molecule has 54 valence electrons. The largest absolute Gasteiger partial charge is 0.350 e. The molecule has 2 unspecified atom stereocenters. The molecule has 0 saturated carbocycles. The molecule has 0 aromatic rings. The van der Waals surface area contributed by atoms with Crippen molar-refractivity contribution in [2.45, 2.75) is 33.2 Å². The number of hydrogen-bond acceptors (Lipinski definition) is 2. The van der Waals surface area contributed by atoms with Crippen LogP contribution in [0.25, 0.3) is 0 Å². The maximum atomic E-state index is 5.40. The predicted octanol–water partition coefficient (Wildman–Crippen LogP) is 1.40. The van der Waals surface area contributed by atoms with Crippen molar-refractivity contribution in [3.63, 3.8) is 0 Å². The van der Waals surface area contributed by atoms with Gasteiger partial charge in [0.25, 0.3) is 0 Å². The second-order valence-electron chi connectivity index (χ2n) is 2.82. The summed E-state index contributed by atoms with van der Waals surface area (Å²) in [6, 6.07) is 0. The van der Waals surface area contributed by atoms with E-state index in [0.29, 0.717) is 12.0 Å². The molecule has 1 rings (SSSR count). The molecule has 1 aliphatic heterocycles. The first-order chi connectivity index (χ1) is 4.20. The third-order valence-corrected chi connectivity index (χ3v) is 1.61. The summed E-state index contributed by atoms with van der Waals surface area (Å²) in [6.07, 6.45) is 0.331. The summed E-state index contributed by atoms with van der Waals surface area (Å²) in [7, 11) is 0. The molecular weight excluding hydrogens is 116 g/mol. The molecule has 1 saturated heterocycles. The van der Waals surface area contributed by atoms with Gasteiger partial charge in [0.2, 0.25) is 0 Å². The van der Waals surface area contributed by atoms with Crippen molar-refractivity contribution < 1.29 is 9.47 Å². The van der Waals surface area contributed by atoms with Gasteiger partial charge in [0.15, 0.2) is 6.29 Å². The smallest absolute Gasteiger partial charge is 0.155 e. The highest BCUT2D eigenvalue weighted by Crippen LogP contribution is 2.17. The zero-order valence-electron chi connectivity index (χ0n) is 6.26. The lowest BCUT2D eigenvalue weighted by atomic mass is 10.1. The summed E-state index contributed by atoms with van der Waals surface area (Å²) in [5.74, 6) is 0.579. The highest BCUT2D eigenvalue weighted by Gasteiger charge is 2.24. The van der Waals surface area contributed by atoms with Crippen molar-refractivity contribution in [3.05, 3.63) is 0 Å². The van der Waals surface area contributed by atoms with Crippen molar-refractivity contribution in [2.24, 2.45) is 5.92 Å². The van der Waals surface area contributed by atoms with E-state index in [9.17, 15) is 0 Å². The van der Waals surface area contributed by atoms with Gasteiger partial charge in [-0.2, -0.15) is 0 Å². The Kier molecular flexibility index (Phi) is 2.09. The van der Waals surface area contributed by atoms with E-state index in [1.807, 2.05) is 6.92 Å². The molecule has 0 spiro atoms. The molecule has 2 atom stereocenters. The molecule has 2 heteroatoms. The molecule has 2 nitrogen and oxygen atoms in total. The molecular formula is C7H14O2. The third-order valence-electron chi connectivity index (χ3n) is 1.61. The van der Waals surface area contributed by atoms with E-state index < -0.39 is 0 Å². The second-order valence-corrected chi connectivity index (χ2v) is 2.82. The molecule has 1 aliphatic rings. The molecule has 0 radical (unpaired) electrons. The average Bonchev–Trinajstić information content (AvgIpc) is 2.14. The Hall–Kier alpha value is -0.0800. The van der Waals surface area contributed by atoms with Gasteiger partial charge in [-0.3, -0.25) is 0 Å².